The Morgan fingerprint density at radius 2 is 1.77 bits per heavy atom. The minimum absolute atomic E-state index is 0.0667. The smallest absolute Gasteiger partial charge is 0.397 e. The maximum atomic E-state index is 14.9. The molecule has 0 fully saturated rings. The first-order valence-corrected chi connectivity index (χ1v) is 10.5. The van der Waals surface area contributed by atoms with Crippen LogP contribution in [0.1, 0.15) is 15.9 Å². The van der Waals surface area contributed by atoms with E-state index >= 15 is 0 Å². The molecule has 180 valence electrons. The van der Waals surface area contributed by atoms with Crippen LogP contribution >= 0.6 is 27.5 Å². The molecule has 1 amide bonds. The van der Waals surface area contributed by atoms with Gasteiger partial charge in [0.25, 0.3) is 5.91 Å². The molecule has 0 spiro atoms. The second kappa shape index (κ2) is 9.19. The van der Waals surface area contributed by atoms with Gasteiger partial charge in [-0.1, -0.05) is 11.6 Å². The molecule has 3 N–H and O–H groups in total. The highest BCUT2D eigenvalue weighted by atomic mass is 79.9. The van der Waals surface area contributed by atoms with Gasteiger partial charge in [0.2, 0.25) is 5.95 Å². The summed E-state index contributed by atoms with van der Waals surface area (Å²) < 4.78 is 69.2. The van der Waals surface area contributed by atoms with E-state index in [1.54, 1.807) is 0 Å². The molecule has 0 aliphatic carbocycles. The number of nitrogens with two attached hydrogens (primary N) is 1. The Morgan fingerprint density at radius 3 is 2.43 bits per heavy atom. The van der Waals surface area contributed by atoms with E-state index in [2.05, 4.69) is 41.4 Å². The molecular weight excluding hydrogens is 565 g/mol. The predicted octanol–water partition coefficient (Wildman–Crippen LogP) is 5.27. The van der Waals surface area contributed by atoms with Gasteiger partial charge in [-0.05, 0) is 34.1 Å². The van der Waals surface area contributed by atoms with Crippen LogP contribution in [0.5, 0.6) is 0 Å². The molecule has 3 aromatic heterocycles. The van der Waals surface area contributed by atoms with Crippen molar-refractivity contribution in [1.82, 2.24) is 25.0 Å². The zero-order valence-corrected chi connectivity index (χ0v) is 19.3. The van der Waals surface area contributed by atoms with Crippen molar-refractivity contribution in [2.75, 3.05) is 11.1 Å². The normalized spacial score (nSPS) is 11.5. The molecule has 1 aromatic carbocycles. The largest absolute Gasteiger partial charge is 0.420 e. The standard InChI is InChI=1S/C20H10BrClF5N7O/c21-16-15(14(28)7-29-17(16)24)10-4-12(22)9(5-13(10)23)19(35)33-8-3-11(20(25,26)27)18(30-6-8)34-31-1-2-32-34/h1-7H,28H2,(H,33,35). The van der Waals surface area contributed by atoms with E-state index in [4.69, 9.17) is 17.3 Å². The number of alkyl halides is 3. The lowest BCUT2D eigenvalue weighted by molar-refractivity contribution is -0.137. The molecule has 0 saturated heterocycles. The van der Waals surface area contributed by atoms with Crippen molar-refractivity contribution in [2.24, 2.45) is 0 Å². The molecule has 0 atom stereocenters. The summed E-state index contributed by atoms with van der Waals surface area (Å²) in [5.74, 6) is -3.57. The number of hydrogen-bond donors (Lipinski definition) is 2. The molecule has 0 bridgehead atoms. The molecule has 8 nitrogen and oxygen atoms in total. The van der Waals surface area contributed by atoms with Gasteiger partial charge >= 0.3 is 6.18 Å². The van der Waals surface area contributed by atoms with Crippen molar-refractivity contribution >= 4 is 44.8 Å². The number of nitrogens with zero attached hydrogens (tertiary/aromatic N) is 5. The Morgan fingerprint density at radius 1 is 1.09 bits per heavy atom. The number of rotatable bonds is 4. The molecule has 0 saturated carbocycles. The van der Waals surface area contributed by atoms with Crippen LogP contribution in [0.2, 0.25) is 5.02 Å². The maximum Gasteiger partial charge on any atom is 0.420 e. The van der Waals surface area contributed by atoms with E-state index in [1.165, 1.54) is 12.4 Å². The fourth-order valence-electron chi connectivity index (χ4n) is 3.08. The topological polar surface area (TPSA) is 112 Å². The van der Waals surface area contributed by atoms with Gasteiger partial charge in [-0.15, -0.1) is 4.80 Å². The molecule has 0 radical (unpaired) electrons. The average molecular weight is 575 g/mol. The van der Waals surface area contributed by atoms with E-state index in [9.17, 15) is 26.7 Å². The molecule has 0 aliphatic rings. The monoisotopic (exact) mass is 573 g/mol. The highest BCUT2D eigenvalue weighted by Gasteiger charge is 2.36. The van der Waals surface area contributed by atoms with Crippen LogP contribution in [-0.4, -0.2) is 30.9 Å². The van der Waals surface area contributed by atoms with Crippen LogP contribution in [0.25, 0.3) is 16.9 Å². The number of benzene rings is 1. The summed E-state index contributed by atoms with van der Waals surface area (Å²) in [4.78, 5) is 20.5. The summed E-state index contributed by atoms with van der Waals surface area (Å²) in [5, 5.41) is 9.18. The molecule has 0 aliphatic heterocycles. The number of aromatic nitrogens is 5. The van der Waals surface area contributed by atoms with Crippen molar-refractivity contribution in [3.63, 3.8) is 0 Å². The maximum absolute atomic E-state index is 14.9. The second-order valence-corrected chi connectivity index (χ2v) is 8.07. The Balaban J connectivity index is 1.69. The number of pyridine rings is 2. The summed E-state index contributed by atoms with van der Waals surface area (Å²) >= 11 is 9.09. The highest BCUT2D eigenvalue weighted by molar-refractivity contribution is 9.10. The molecule has 15 heteroatoms. The highest BCUT2D eigenvalue weighted by Crippen LogP contribution is 2.38. The molecular formula is C20H10BrClF5N7O. The first-order chi connectivity index (χ1) is 16.5. The number of halogens is 7. The molecule has 4 aromatic rings. The fraction of sp³-hybridized carbons (Fsp3) is 0.0500. The first-order valence-electron chi connectivity index (χ1n) is 9.31. The minimum atomic E-state index is -4.85. The predicted molar refractivity (Wildman–Crippen MR) is 119 cm³/mol. The third kappa shape index (κ3) is 4.79. The van der Waals surface area contributed by atoms with E-state index in [1.807, 2.05) is 0 Å². The number of carbonyl (C=O) groups excluding carboxylic acids is 1. The Bertz CT molecular complexity index is 1450. The molecule has 3 heterocycles. The number of nitrogen functional groups attached to an aromatic ring is 1. The quantitative estimate of drug-likeness (QED) is 0.254. The Labute approximate surface area is 206 Å². The van der Waals surface area contributed by atoms with Gasteiger partial charge in [-0.3, -0.25) is 4.79 Å². The SMILES string of the molecule is Nc1cnc(F)c(Br)c1-c1cc(Cl)c(C(=O)Nc2cnc(-n3nccn3)c(C(F)(F)F)c2)cc1F. The molecule has 35 heavy (non-hydrogen) atoms. The summed E-state index contributed by atoms with van der Waals surface area (Å²) in [5.41, 5.74) is 3.44. The lowest BCUT2D eigenvalue weighted by Crippen LogP contribution is -2.17. The lowest BCUT2D eigenvalue weighted by Gasteiger charge is -2.14. The van der Waals surface area contributed by atoms with Crippen LogP contribution in [0.15, 0.2) is 47.5 Å². The number of amides is 1. The van der Waals surface area contributed by atoms with Gasteiger partial charge in [-0.25, -0.2) is 14.4 Å². The van der Waals surface area contributed by atoms with E-state index < -0.39 is 40.8 Å². The van der Waals surface area contributed by atoms with Gasteiger partial charge in [0.05, 0.1) is 51.2 Å². The van der Waals surface area contributed by atoms with E-state index in [0.29, 0.717) is 10.9 Å². The summed E-state index contributed by atoms with van der Waals surface area (Å²) in [7, 11) is 0. The Hall–Kier alpha value is -3.65. The number of anilines is 2. The van der Waals surface area contributed by atoms with Crippen molar-refractivity contribution in [3.05, 3.63) is 75.4 Å². The van der Waals surface area contributed by atoms with Crippen molar-refractivity contribution in [2.45, 2.75) is 6.18 Å². The van der Waals surface area contributed by atoms with Gasteiger partial charge in [0.1, 0.15) is 11.4 Å². The third-order valence-electron chi connectivity index (χ3n) is 4.62. The van der Waals surface area contributed by atoms with Crippen LogP contribution in [0.4, 0.5) is 33.3 Å². The minimum Gasteiger partial charge on any atom is -0.397 e. The molecule has 4 rings (SSSR count). The van der Waals surface area contributed by atoms with Crippen molar-refractivity contribution in [1.29, 1.82) is 0 Å². The third-order valence-corrected chi connectivity index (χ3v) is 5.65. The number of carbonyl (C=O) groups is 1. The number of hydrogen-bond acceptors (Lipinski definition) is 6. The van der Waals surface area contributed by atoms with Crippen LogP contribution in [-0.2, 0) is 6.18 Å². The average Bonchev–Trinajstić information content (AvgIpc) is 3.33. The second-order valence-electron chi connectivity index (χ2n) is 6.87. The zero-order chi connectivity index (χ0) is 25.5. The summed E-state index contributed by atoms with van der Waals surface area (Å²) in [6.07, 6.45) is -0.581. The van der Waals surface area contributed by atoms with Crippen LogP contribution in [0.3, 0.4) is 0 Å². The van der Waals surface area contributed by atoms with Crippen LogP contribution in [0, 0.1) is 11.8 Å². The van der Waals surface area contributed by atoms with Gasteiger partial charge in [0, 0.05) is 11.1 Å². The first kappa shape index (κ1) is 24.5. The van der Waals surface area contributed by atoms with E-state index in [-0.39, 0.29) is 32.0 Å². The van der Waals surface area contributed by atoms with Crippen molar-refractivity contribution < 1.29 is 26.7 Å². The van der Waals surface area contributed by atoms with Gasteiger partial charge < -0.3 is 11.1 Å². The van der Waals surface area contributed by atoms with Gasteiger partial charge in [0.15, 0.2) is 5.82 Å². The van der Waals surface area contributed by atoms with E-state index in [0.717, 1.165) is 24.5 Å². The fourth-order valence-corrected chi connectivity index (χ4v) is 3.88. The van der Waals surface area contributed by atoms with Crippen molar-refractivity contribution in [3.8, 4) is 16.9 Å². The Kier molecular flexibility index (Phi) is 6.42. The van der Waals surface area contributed by atoms with Crippen LogP contribution < -0.4 is 11.1 Å². The summed E-state index contributed by atoms with van der Waals surface area (Å²) in [6, 6.07) is 2.41. The summed E-state index contributed by atoms with van der Waals surface area (Å²) in [6.45, 7) is 0. The number of nitrogens with one attached hydrogen (secondary N) is 1. The van der Waals surface area contributed by atoms with Gasteiger partial charge in [-0.2, -0.15) is 27.8 Å². The molecule has 0 unspecified atom stereocenters. The lowest BCUT2D eigenvalue weighted by atomic mass is 10.0. The zero-order valence-electron chi connectivity index (χ0n) is 16.9.